The third-order valence-corrected chi connectivity index (χ3v) is 1.91. The van der Waals surface area contributed by atoms with Gasteiger partial charge >= 0.3 is 0 Å². The number of ether oxygens (including phenoxy) is 1. The Bertz CT molecular complexity index is 79.1. The van der Waals surface area contributed by atoms with E-state index >= 15 is 0 Å². The molecular formula is C6H14BNO. The summed E-state index contributed by atoms with van der Waals surface area (Å²) in [7, 11) is 2.15. The molecule has 3 heteroatoms. The van der Waals surface area contributed by atoms with Gasteiger partial charge in [0.15, 0.2) is 7.98 Å². The fraction of sp³-hybridized carbons (Fsp3) is 1.00. The van der Waals surface area contributed by atoms with Crippen LogP contribution >= 0.6 is 0 Å². The standard InChI is InChI=1S/C6H14BNO/c1-6-5-9-4-2-3-8(6)7/h6H,2-5,7H2,1H3/t6-/m1/s1. The first-order valence-electron chi connectivity index (χ1n) is 3.58. The zero-order chi connectivity index (χ0) is 6.69. The van der Waals surface area contributed by atoms with Crippen molar-refractivity contribution < 1.29 is 4.74 Å². The van der Waals surface area contributed by atoms with Crippen LogP contribution in [0, 0.1) is 0 Å². The Morgan fingerprint density at radius 3 is 3.22 bits per heavy atom. The smallest absolute Gasteiger partial charge is 0.185 e. The van der Waals surface area contributed by atoms with E-state index in [1.54, 1.807) is 0 Å². The average Bonchev–Trinajstić information content (AvgIpc) is 1.99. The molecule has 1 fully saturated rings. The first kappa shape index (κ1) is 7.10. The molecule has 1 rings (SSSR count). The van der Waals surface area contributed by atoms with Gasteiger partial charge in [-0.2, -0.15) is 0 Å². The highest BCUT2D eigenvalue weighted by Crippen LogP contribution is 2.01. The van der Waals surface area contributed by atoms with Gasteiger partial charge in [0, 0.05) is 12.6 Å². The van der Waals surface area contributed by atoms with Crippen molar-refractivity contribution in [3.8, 4) is 0 Å². The van der Waals surface area contributed by atoms with Gasteiger partial charge in [-0.3, -0.25) is 0 Å². The van der Waals surface area contributed by atoms with Crippen LogP contribution in [-0.2, 0) is 4.74 Å². The van der Waals surface area contributed by atoms with Crippen molar-refractivity contribution in [2.75, 3.05) is 19.8 Å². The fourth-order valence-electron chi connectivity index (χ4n) is 1.02. The summed E-state index contributed by atoms with van der Waals surface area (Å²) in [5.41, 5.74) is 0. The lowest BCUT2D eigenvalue weighted by Gasteiger charge is -2.20. The summed E-state index contributed by atoms with van der Waals surface area (Å²) in [5.74, 6) is 0. The summed E-state index contributed by atoms with van der Waals surface area (Å²) in [4.78, 5) is 2.34. The van der Waals surface area contributed by atoms with Crippen LogP contribution in [0.5, 0.6) is 0 Å². The summed E-state index contributed by atoms with van der Waals surface area (Å²) in [5, 5.41) is 0. The molecule has 1 saturated heterocycles. The van der Waals surface area contributed by atoms with Crippen LogP contribution in [-0.4, -0.2) is 38.6 Å². The van der Waals surface area contributed by atoms with Gasteiger partial charge in [0.05, 0.1) is 6.61 Å². The fourth-order valence-corrected chi connectivity index (χ4v) is 1.02. The van der Waals surface area contributed by atoms with Crippen molar-refractivity contribution in [3.05, 3.63) is 0 Å². The van der Waals surface area contributed by atoms with Gasteiger partial charge in [-0.1, -0.05) is 0 Å². The van der Waals surface area contributed by atoms with Crippen LogP contribution in [0.3, 0.4) is 0 Å². The van der Waals surface area contributed by atoms with Crippen LogP contribution in [0.1, 0.15) is 13.3 Å². The molecule has 0 aromatic rings. The van der Waals surface area contributed by atoms with E-state index in [1.165, 1.54) is 13.0 Å². The third kappa shape index (κ3) is 1.99. The second-order valence-electron chi connectivity index (χ2n) is 2.76. The molecule has 0 N–H and O–H groups in total. The minimum atomic E-state index is 0.604. The lowest BCUT2D eigenvalue weighted by atomic mass is 10.2. The van der Waals surface area contributed by atoms with Crippen molar-refractivity contribution in [2.24, 2.45) is 0 Å². The van der Waals surface area contributed by atoms with Gasteiger partial charge in [-0.05, 0) is 19.9 Å². The number of hydrogen-bond donors (Lipinski definition) is 0. The van der Waals surface area contributed by atoms with Gasteiger partial charge in [-0.15, -0.1) is 0 Å². The lowest BCUT2D eigenvalue weighted by molar-refractivity contribution is 0.126. The molecule has 0 aliphatic carbocycles. The van der Waals surface area contributed by atoms with Crippen LogP contribution < -0.4 is 0 Å². The van der Waals surface area contributed by atoms with Crippen molar-refractivity contribution in [3.63, 3.8) is 0 Å². The maximum Gasteiger partial charge on any atom is 0.185 e. The predicted molar refractivity (Wildman–Crippen MR) is 40.1 cm³/mol. The molecule has 0 bridgehead atoms. The van der Waals surface area contributed by atoms with Crippen LogP contribution in [0.4, 0.5) is 0 Å². The molecule has 0 aromatic heterocycles. The number of nitrogens with zero attached hydrogens (tertiary/aromatic N) is 1. The molecule has 0 spiro atoms. The van der Waals surface area contributed by atoms with E-state index in [1.807, 2.05) is 0 Å². The first-order chi connectivity index (χ1) is 4.30. The predicted octanol–water partition coefficient (Wildman–Crippen LogP) is -0.355. The Labute approximate surface area is 57.6 Å². The van der Waals surface area contributed by atoms with E-state index in [-0.39, 0.29) is 0 Å². The Morgan fingerprint density at radius 1 is 1.67 bits per heavy atom. The molecule has 52 valence electrons. The van der Waals surface area contributed by atoms with Gasteiger partial charge in [0.25, 0.3) is 0 Å². The molecule has 1 aliphatic rings. The third-order valence-electron chi connectivity index (χ3n) is 1.91. The molecule has 0 unspecified atom stereocenters. The van der Waals surface area contributed by atoms with Crippen molar-refractivity contribution in [1.82, 2.24) is 4.81 Å². The summed E-state index contributed by atoms with van der Waals surface area (Å²) in [6.45, 7) is 5.22. The molecule has 0 radical (unpaired) electrons. The molecule has 1 heterocycles. The molecule has 1 atom stereocenters. The first-order valence-corrected chi connectivity index (χ1v) is 3.58. The molecule has 0 saturated carbocycles. The maximum absolute atomic E-state index is 5.34. The minimum absolute atomic E-state index is 0.604. The second kappa shape index (κ2) is 3.23. The van der Waals surface area contributed by atoms with Gasteiger partial charge < -0.3 is 9.55 Å². The largest absolute Gasteiger partial charge is 0.380 e. The monoisotopic (exact) mass is 127 g/mol. The highest BCUT2D eigenvalue weighted by Gasteiger charge is 2.11. The van der Waals surface area contributed by atoms with E-state index < -0.39 is 0 Å². The second-order valence-corrected chi connectivity index (χ2v) is 2.76. The molecular weight excluding hydrogens is 113 g/mol. The van der Waals surface area contributed by atoms with Crippen molar-refractivity contribution in [2.45, 2.75) is 19.4 Å². The van der Waals surface area contributed by atoms with Crippen LogP contribution in [0.15, 0.2) is 0 Å². The zero-order valence-corrected chi connectivity index (χ0v) is 6.26. The summed E-state index contributed by atoms with van der Waals surface area (Å²) < 4.78 is 5.34. The van der Waals surface area contributed by atoms with Crippen molar-refractivity contribution >= 4 is 7.98 Å². The molecule has 9 heavy (non-hydrogen) atoms. The molecule has 2 nitrogen and oxygen atoms in total. The Hall–Kier alpha value is -0.0151. The minimum Gasteiger partial charge on any atom is -0.380 e. The number of hydrogen-bond acceptors (Lipinski definition) is 2. The van der Waals surface area contributed by atoms with E-state index in [9.17, 15) is 0 Å². The molecule has 0 aromatic carbocycles. The highest BCUT2D eigenvalue weighted by molar-refractivity contribution is 6.04. The summed E-state index contributed by atoms with van der Waals surface area (Å²) in [6, 6.07) is 0.604. The van der Waals surface area contributed by atoms with E-state index in [0.717, 1.165) is 13.2 Å². The normalized spacial score (nSPS) is 31.9. The van der Waals surface area contributed by atoms with Gasteiger partial charge in [0.2, 0.25) is 0 Å². The molecule has 1 aliphatic heterocycles. The highest BCUT2D eigenvalue weighted by atomic mass is 16.5. The average molecular weight is 127 g/mol. The van der Waals surface area contributed by atoms with E-state index in [0.29, 0.717) is 6.04 Å². The lowest BCUT2D eigenvalue weighted by Crippen LogP contribution is -2.32. The topological polar surface area (TPSA) is 12.5 Å². The molecule has 0 amide bonds. The SMILES string of the molecule is BN1CCCOC[C@H]1C. The Kier molecular flexibility index (Phi) is 2.55. The Balaban J connectivity index is 2.32. The van der Waals surface area contributed by atoms with Crippen LogP contribution in [0.25, 0.3) is 0 Å². The van der Waals surface area contributed by atoms with Gasteiger partial charge in [0.1, 0.15) is 0 Å². The van der Waals surface area contributed by atoms with Crippen molar-refractivity contribution in [1.29, 1.82) is 0 Å². The summed E-state index contributed by atoms with van der Waals surface area (Å²) in [6.07, 6.45) is 1.18. The Morgan fingerprint density at radius 2 is 2.44 bits per heavy atom. The van der Waals surface area contributed by atoms with E-state index in [2.05, 4.69) is 19.7 Å². The maximum atomic E-state index is 5.34. The van der Waals surface area contributed by atoms with E-state index in [4.69, 9.17) is 4.74 Å². The summed E-state index contributed by atoms with van der Waals surface area (Å²) >= 11 is 0. The quantitative estimate of drug-likeness (QED) is 0.412. The van der Waals surface area contributed by atoms with Crippen LogP contribution in [0.2, 0.25) is 0 Å². The zero-order valence-electron chi connectivity index (χ0n) is 6.26. The van der Waals surface area contributed by atoms with Gasteiger partial charge in [-0.25, -0.2) is 0 Å². The number of rotatable bonds is 0.